The van der Waals surface area contributed by atoms with Crippen molar-refractivity contribution in [3.05, 3.63) is 64.1 Å². The van der Waals surface area contributed by atoms with Crippen LogP contribution in [-0.4, -0.2) is 22.8 Å². The highest BCUT2D eigenvalue weighted by atomic mass is 16.5. The molecule has 3 aromatic rings. The molecule has 1 N–H and O–H groups in total. The molecule has 0 bridgehead atoms. The topological polar surface area (TPSA) is 73.2 Å². The van der Waals surface area contributed by atoms with E-state index in [1.54, 1.807) is 37.4 Å². The fourth-order valence-corrected chi connectivity index (χ4v) is 2.83. The summed E-state index contributed by atoms with van der Waals surface area (Å²) in [5.41, 5.74) is 1.55. The maximum Gasteiger partial charge on any atom is 0.276 e. The van der Waals surface area contributed by atoms with Gasteiger partial charge in [-0.05, 0) is 44.5 Å². The molecule has 0 aliphatic carbocycles. The minimum Gasteiger partial charge on any atom is -0.495 e. The third-order valence-corrected chi connectivity index (χ3v) is 4.14. The van der Waals surface area contributed by atoms with Crippen LogP contribution in [0.2, 0.25) is 0 Å². The van der Waals surface area contributed by atoms with Gasteiger partial charge in [-0.15, -0.1) is 0 Å². The number of amides is 1. The van der Waals surface area contributed by atoms with Gasteiger partial charge in [-0.2, -0.15) is 5.10 Å². The van der Waals surface area contributed by atoms with Gasteiger partial charge >= 0.3 is 0 Å². The third-order valence-electron chi connectivity index (χ3n) is 4.14. The second kappa shape index (κ2) is 7.00. The maximum atomic E-state index is 12.9. The number of carbonyl (C=O) groups excluding carboxylic acids is 1. The summed E-state index contributed by atoms with van der Waals surface area (Å²) in [6, 6.07) is 12.4. The second-order valence-electron chi connectivity index (χ2n) is 6.40. The molecule has 1 heterocycles. The van der Waals surface area contributed by atoms with Crippen molar-refractivity contribution in [3.63, 3.8) is 0 Å². The van der Waals surface area contributed by atoms with Gasteiger partial charge in [0.15, 0.2) is 5.69 Å². The van der Waals surface area contributed by atoms with Crippen LogP contribution >= 0.6 is 0 Å². The number of hydrogen-bond acceptors (Lipinski definition) is 4. The third kappa shape index (κ3) is 3.18. The first-order chi connectivity index (χ1) is 12.4. The molecule has 0 radical (unpaired) electrons. The van der Waals surface area contributed by atoms with E-state index in [0.717, 1.165) is 5.56 Å². The number of rotatable bonds is 4. The maximum absolute atomic E-state index is 12.9. The molecule has 0 aliphatic rings. The Hall–Kier alpha value is -3.15. The van der Waals surface area contributed by atoms with Gasteiger partial charge in [-0.1, -0.05) is 24.3 Å². The Bertz CT molecular complexity index is 1040. The van der Waals surface area contributed by atoms with E-state index >= 15 is 0 Å². The summed E-state index contributed by atoms with van der Waals surface area (Å²) >= 11 is 0. The zero-order valence-electron chi connectivity index (χ0n) is 15.2. The lowest BCUT2D eigenvalue weighted by Gasteiger charge is -2.14. The Balaban J connectivity index is 2.13. The molecule has 26 heavy (non-hydrogen) atoms. The zero-order valence-corrected chi connectivity index (χ0v) is 15.2. The largest absolute Gasteiger partial charge is 0.495 e. The average molecular weight is 351 g/mol. The summed E-state index contributed by atoms with van der Waals surface area (Å²) in [6.45, 7) is 5.64. The van der Waals surface area contributed by atoms with Gasteiger partial charge in [0.2, 0.25) is 0 Å². The lowest BCUT2D eigenvalue weighted by atomic mass is 10.1. The lowest BCUT2D eigenvalue weighted by molar-refractivity contribution is 0.102. The fourth-order valence-electron chi connectivity index (χ4n) is 2.83. The molecular formula is C20H21N3O3. The summed E-state index contributed by atoms with van der Waals surface area (Å²) in [6.07, 6.45) is 0. The molecule has 3 rings (SSSR count). The fraction of sp³-hybridized carbons (Fsp3) is 0.250. The van der Waals surface area contributed by atoms with Crippen LogP contribution in [0.5, 0.6) is 5.75 Å². The molecule has 0 unspecified atom stereocenters. The van der Waals surface area contributed by atoms with E-state index in [-0.39, 0.29) is 23.2 Å². The van der Waals surface area contributed by atoms with Crippen molar-refractivity contribution in [1.29, 1.82) is 0 Å². The van der Waals surface area contributed by atoms with Gasteiger partial charge in [0, 0.05) is 5.39 Å². The van der Waals surface area contributed by atoms with E-state index < -0.39 is 0 Å². The van der Waals surface area contributed by atoms with E-state index in [1.807, 2.05) is 32.9 Å². The van der Waals surface area contributed by atoms with Gasteiger partial charge in [-0.25, -0.2) is 4.68 Å². The van der Waals surface area contributed by atoms with Crippen LogP contribution in [0.4, 0.5) is 5.69 Å². The number of aryl methyl sites for hydroxylation is 1. The van der Waals surface area contributed by atoms with E-state index in [2.05, 4.69) is 10.4 Å². The summed E-state index contributed by atoms with van der Waals surface area (Å²) < 4.78 is 6.65. The molecule has 0 spiro atoms. The molecule has 0 atom stereocenters. The van der Waals surface area contributed by atoms with Crippen LogP contribution in [-0.2, 0) is 0 Å². The minimum absolute atomic E-state index is 0.160. The smallest absolute Gasteiger partial charge is 0.276 e. The van der Waals surface area contributed by atoms with Crippen molar-refractivity contribution in [2.45, 2.75) is 26.8 Å². The highest BCUT2D eigenvalue weighted by Crippen LogP contribution is 2.26. The number of fused-ring (bicyclic) bond motifs is 1. The van der Waals surface area contributed by atoms with Gasteiger partial charge < -0.3 is 10.1 Å². The molecule has 0 aliphatic heterocycles. The summed E-state index contributed by atoms with van der Waals surface area (Å²) in [7, 11) is 1.55. The van der Waals surface area contributed by atoms with E-state index in [0.29, 0.717) is 22.2 Å². The number of methoxy groups -OCH3 is 1. The molecule has 0 saturated heterocycles. The molecule has 134 valence electrons. The number of carbonyl (C=O) groups is 1. The van der Waals surface area contributed by atoms with Gasteiger partial charge in [0.1, 0.15) is 5.75 Å². The molecule has 0 saturated carbocycles. The van der Waals surface area contributed by atoms with Crippen molar-refractivity contribution >= 4 is 22.4 Å². The molecule has 0 fully saturated rings. The number of nitrogens with one attached hydrogen (secondary N) is 1. The zero-order chi connectivity index (χ0) is 18.8. The van der Waals surface area contributed by atoms with Crippen molar-refractivity contribution in [1.82, 2.24) is 9.78 Å². The predicted molar refractivity (Wildman–Crippen MR) is 102 cm³/mol. The van der Waals surface area contributed by atoms with E-state index in [1.165, 1.54) is 4.68 Å². The average Bonchev–Trinajstić information content (AvgIpc) is 2.62. The first-order valence-electron chi connectivity index (χ1n) is 8.40. The number of benzene rings is 2. The van der Waals surface area contributed by atoms with Gasteiger partial charge in [0.05, 0.1) is 24.2 Å². The number of ether oxygens (including phenoxy) is 1. The Morgan fingerprint density at radius 3 is 2.50 bits per heavy atom. The van der Waals surface area contributed by atoms with Crippen LogP contribution < -0.4 is 15.6 Å². The second-order valence-corrected chi connectivity index (χ2v) is 6.40. The Labute approximate surface area is 151 Å². The van der Waals surface area contributed by atoms with Crippen LogP contribution in [0.3, 0.4) is 0 Å². The van der Waals surface area contributed by atoms with Gasteiger partial charge in [-0.3, -0.25) is 9.59 Å². The van der Waals surface area contributed by atoms with E-state index in [9.17, 15) is 9.59 Å². The van der Waals surface area contributed by atoms with Crippen molar-refractivity contribution in [2.24, 2.45) is 0 Å². The van der Waals surface area contributed by atoms with Gasteiger partial charge in [0.25, 0.3) is 11.5 Å². The number of nitrogens with zero attached hydrogens (tertiary/aromatic N) is 2. The van der Waals surface area contributed by atoms with Crippen LogP contribution in [0.1, 0.15) is 35.9 Å². The first kappa shape index (κ1) is 17.7. The lowest BCUT2D eigenvalue weighted by Crippen LogP contribution is -2.29. The van der Waals surface area contributed by atoms with Crippen molar-refractivity contribution in [3.8, 4) is 5.75 Å². The highest BCUT2D eigenvalue weighted by Gasteiger charge is 2.19. The predicted octanol–water partition coefficient (Wildman–Crippen LogP) is 3.55. The summed E-state index contributed by atoms with van der Waals surface area (Å²) in [4.78, 5) is 25.5. The standard InChI is InChI=1S/C20H21N3O3/c1-12(2)23-20(25)15-8-6-5-7-14(15)18(22-23)19(24)21-16-11-13(3)9-10-17(16)26-4/h5-12H,1-4H3,(H,21,24). The van der Waals surface area contributed by atoms with Crippen molar-refractivity contribution < 1.29 is 9.53 Å². The normalized spacial score (nSPS) is 11.0. The van der Waals surface area contributed by atoms with Crippen LogP contribution in [0.25, 0.3) is 10.8 Å². The first-order valence-corrected chi connectivity index (χ1v) is 8.40. The Kier molecular flexibility index (Phi) is 4.75. The number of anilines is 1. The summed E-state index contributed by atoms with van der Waals surface area (Å²) in [5.74, 6) is 0.171. The van der Waals surface area contributed by atoms with Crippen LogP contribution in [0, 0.1) is 6.92 Å². The van der Waals surface area contributed by atoms with Crippen molar-refractivity contribution in [2.75, 3.05) is 12.4 Å². The molecule has 1 aromatic heterocycles. The summed E-state index contributed by atoms with van der Waals surface area (Å²) in [5, 5.41) is 8.18. The molecular weight excluding hydrogens is 330 g/mol. The molecule has 2 aromatic carbocycles. The number of hydrogen-bond donors (Lipinski definition) is 1. The SMILES string of the molecule is COc1ccc(C)cc1NC(=O)c1nn(C(C)C)c(=O)c2ccccc12. The highest BCUT2D eigenvalue weighted by molar-refractivity contribution is 6.11. The van der Waals surface area contributed by atoms with E-state index in [4.69, 9.17) is 4.74 Å². The Morgan fingerprint density at radius 2 is 1.85 bits per heavy atom. The quantitative estimate of drug-likeness (QED) is 0.780. The minimum atomic E-state index is -0.389. The molecule has 6 heteroatoms. The molecule has 1 amide bonds. The number of aromatic nitrogens is 2. The van der Waals surface area contributed by atoms with Crippen LogP contribution in [0.15, 0.2) is 47.3 Å². The molecule has 6 nitrogen and oxygen atoms in total. The monoisotopic (exact) mass is 351 g/mol. The Morgan fingerprint density at radius 1 is 1.15 bits per heavy atom.